The summed E-state index contributed by atoms with van der Waals surface area (Å²) >= 11 is 5.96. The van der Waals surface area contributed by atoms with Gasteiger partial charge in [-0.1, -0.05) is 24.4 Å². The summed E-state index contributed by atoms with van der Waals surface area (Å²) in [6.45, 7) is 1.71. The molecule has 1 aliphatic rings. The van der Waals surface area contributed by atoms with Crippen LogP contribution in [-0.2, 0) is 6.54 Å². The van der Waals surface area contributed by atoms with Crippen LogP contribution in [0.2, 0.25) is 5.02 Å². The van der Waals surface area contributed by atoms with Crippen LogP contribution in [0.3, 0.4) is 0 Å². The first kappa shape index (κ1) is 12.8. The minimum atomic E-state index is 0.205. The number of pyridine rings is 1. The second-order valence-corrected chi connectivity index (χ2v) is 5.03. The maximum Gasteiger partial charge on any atom is 0.0558 e. The molecule has 1 fully saturated rings. The Hall–Kier alpha value is -0.640. The summed E-state index contributed by atoms with van der Waals surface area (Å²) in [5, 5.41) is 9.87. The zero-order valence-corrected chi connectivity index (χ0v) is 10.7. The Balaban J connectivity index is 2.01. The van der Waals surface area contributed by atoms with Crippen molar-refractivity contribution in [1.82, 2.24) is 9.88 Å². The standard InChI is InChI=1S/C13H19ClN2O/c14-11-5-6-15-12(9-11)10-16(7-8-17)13-3-1-2-4-13/h5-6,9,13,17H,1-4,7-8,10H2. The Morgan fingerprint density at radius 2 is 2.18 bits per heavy atom. The van der Waals surface area contributed by atoms with E-state index >= 15 is 0 Å². The van der Waals surface area contributed by atoms with Crippen LogP contribution in [0.25, 0.3) is 0 Å². The molecule has 0 bridgehead atoms. The van der Waals surface area contributed by atoms with E-state index in [2.05, 4.69) is 9.88 Å². The van der Waals surface area contributed by atoms with Crippen molar-refractivity contribution in [2.45, 2.75) is 38.3 Å². The molecule has 0 aliphatic heterocycles. The molecule has 1 aromatic heterocycles. The van der Waals surface area contributed by atoms with E-state index < -0.39 is 0 Å². The van der Waals surface area contributed by atoms with Crippen LogP contribution in [0.5, 0.6) is 0 Å². The fourth-order valence-corrected chi connectivity index (χ4v) is 2.71. The van der Waals surface area contributed by atoms with Crippen LogP contribution in [0, 0.1) is 0 Å². The number of halogens is 1. The van der Waals surface area contributed by atoms with Crippen molar-refractivity contribution in [3.63, 3.8) is 0 Å². The molecule has 17 heavy (non-hydrogen) atoms. The molecule has 1 saturated carbocycles. The summed E-state index contributed by atoms with van der Waals surface area (Å²) in [7, 11) is 0. The summed E-state index contributed by atoms with van der Waals surface area (Å²) in [5.41, 5.74) is 0.984. The highest BCUT2D eigenvalue weighted by atomic mass is 35.5. The van der Waals surface area contributed by atoms with Crippen molar-refractivity contribution >= 4 is 11.6 Å². The molecule has 0 unspecified atom stereocenters. The fourth-order valence-electron chi connectivity index (χ4n) is 2.53. The first-order valence-corrected chi connectivity index (χ1v) is 6.63. The van der Waals surface area contributed by atoms with E-state index in [-0.39, 0.29) is 6.61 Å². The van der Waals surface area contributed by atoms with Crippen LogP contribution in [0.1, 0.15) is 31.4 Å². The van der Waals surface area contributed by atoms with E-state index in [4.69, 9.17) is 16.7 Å². The highest BCUT2D eigenvalue weighted by Gasteiger charge is 2.22. The highest BCUT2D eigenvalue weighted by molar-refractivity contribution is 6.30. The molecule has 0 atom stereocenters. The molecule has 0 radical (unpaired) electrons. The largest absolute Gasteiger partial charge is 0.395 e. The van der Waals surface area contributed by atoms with Crippen LogP contribution in [0.4, 0.5) is 0 Å². The summed E-state index contributed by atoms with van der Waals surface area (Å²) < 4.78 is 0. The topological polar surface area (TPSA) is 36.4 Å². The van der Waals surface area contributed by atoms with Gasteiger partial charge in [0.2, 0.25) is 0 Å². The molecule has 94 valence electrons. The Kier molecular flexibility index (Phi) is 4.77. The lowest BCUT2D eigenvalue weighted by Gasteiger charge is -2.27. The van der Waals surface area contributed by atoms with Crippen LogP contribution >= 0.6 is 11.6 Å². The van der Waals surface area contributed by atoms with Gasteiger partial charge in [-0.25, -0.2) is 0 Å². The number of aliphatic hydroxyl groups excluding tert-OH is 1. The van der Waals surface area contributed by atoms with Crippen molar-refractivity contribution in [3.8, 4) is 0 Å². The lowest BCUT2D eigenvalue weighted by atomic mass is 10.2. The van der Waals surface area contributed by atoms with Crippen molar-refractivity contribution in [1.29, 1.82) is 0 Å². The maximum absolute atomic E-state index is 9.14. The molecule has 1 aromatic rings. The van der Waals surface area contributed by atoms with Crippen LogP contribution < -0.4 is 0 Å². The summed E-state index contributed by atoms with van der Waals surface area (Å²) in [4.78, 5) is 6.65. The first-order valence-electron chi connectivity index (χ1n) is 6.25. The van der Waals surface area contributed by atoms with E-state index in [0.717, 1.165) is 23.8 Å². The predicted octanol–water partition coefficient (Wildman–Crippen LogP) is 2.47. The second kappa shape index (κ2) is 6.34. The smallest absolute Gasteiger partial charge is 0.0558 e. The van der Waals surface area contributed by atoms with Crippen LogP contribution in [0.15, 0.2) is 18.3 Å². The van der Waals surface area contributed by atoms with Crippen molar-refractivity contribution < 1.29 is 5.11 Å². The molecule has 3 nitrogen and oxygen atoms in total. The number of aromatic nitrogens is 1. The van der Waals surface area contributed by atoms with E-state index in [1.165, 1.54) is 25.7 Å². The van der Waals surface area contributed by atoms with E-state index in [1.807, 2.05) is 6.07 Å². The number of hydrogen-bond donors (Lipinski definition) is 1. The molecule has 1 heterocycles. The van der Waals surface area contributed by atoms with Gasteiger partial charge in [-0.3, -0.25) is 9.88 Å². The zero-order chi connectivity index (χ0) is 12.1. The Bertz CT molecular complexity index is 353. The molecular weight excluding hydrogens is 236 g/mol. The molecule has 1 N–H and O–H groups in total. The minimum Gasteiger partial charge on any atom is -0.395 e. The molecule has 0 saturated heterocycles. The third kappa shape index (κ3) is 3.66. The number of rotatable bonds is 5. The van der Waals surface area contributed by atoms with Gasteiger partial charge in [0.25, 0.3) is 0 Å². The maximum atomic E-state index is 9.14. The van der Waals surface area contributed by atoms with E-state index in [9.17, 15) is 0 Å². The monoisotopic (exact) mass is 254 g/mol. The van der Waals surface area contributed by atoms with Crippen LogP contribution in [-0.4, -0.2) is 34.2 Å². The zero-order valence-electron chi connectivity index (χ0n) is 9.98. The average Bonchev–Trinajstić information content (AvgIpc) is 2.82. The van der Waals surface area contributed by atoms with Gasteiger partial charge in [0.15, 0.2) is 0 Å². The van der Waals surface area contributed by atoms with Crippen molar-refractivity contribution in [2.75, 3.05) is 13.2 Å². The first-order chi connectivity index (χ1) is 8.29. The second-order valence-electron chi connectivity index (χ2n) is 4.60. The third-order valence-electron chi connectivity index (χ3n) is 3.37. The van der Waals surface area contributed by atoms with Gasteiger partial charge >= 0.3 is 0 Å². The van der Waals surface area contributed by atoms with E-state index in [0.29, 0.717) is 6.04 Å². The normalized spacial score (nSPS) is 16.9. The highest BCUT2D eigenvalue weighted by Crippen LogP contribution is 2.24. The molecule has 1 aliphatic carbocycles. The molecular formula is C13H19ClN2O. The van der Waals surface area contributed by atoms with Gasteiger partial charge in [-0.15, -0.1) is 0 Å². The van der Waals surface area contributed by atoms with Gasteiger partial charge in [0.05, 0.1) is 12.3 Å². The Morgan fingerprint density at radius 3 is 2.82 bits per heavy atom. The van der Waals surface area contributed by atoms with Crippen molar-refractivity contribution in [3.05, 3.63) is 29.0 Å². The van der Waals surface area contributed by atoms with Gasteiger partial charge < -0.3 is 5.11 Å². The van der Waals surface area contributed by atoms with E-state index in [1.54, 1.807) is 12.3 Å². The number of aliphatic hydroxyl groups is 1. The van der Waals surface area contributed by atoms with Gasteiger partial charge in [0, 0.05) is 30.4 Å². The SMILES string of the molecule is OCCN(Cc1cc(Cl)ccn1)C1CCCC1. The number of nitrogens with zero attached hydrogens (tertiary/aromatic N) is 2. The Labute approximate surface area is 107 Å². The lowest BCUT2D eigenvalue weighted by Crippen LogP contribution is -2.35. The summed E-state index contributed by atoms with van der Waals surface area (Å²) in [6.07, 6.45) is 6.82. The average molecular weight is 255 g/mol. The fraction of sp³-hybridized carbons (Fsp3) is 0.615. The molecule has 2 rings (SSSR count). The molecule has 0 amide bonds. The minimum absolute atomic E-state index is 0.205. The molecule has 0 spiro atoms. The number of hydrogen-bond acceptors (Lipinski definition) is 3. The lowest BCUT2D eigenvalue weighted by molar-refractivity contribution is 0.143. The third-order valence-corrected chi connectivity index (χ3v) is 3.61. The van der Waals surface area contributed by atoms with Gasteiger partial charge in [-0.05, 0) is 25.0 Å². The Morgan fingerprint density at radius 1 is 1.41 bits per heavy atom. The predicted molar refractivity (Wildman–Crippen MR) is 69.0 cm³/mol. The quantitative estimate of drug-likeness (QED) is 0.877. The van der Waals surface area contributed by atoms with Gasteiger partial charge in [-0.2, -0.15) is 0 Å². The summed E-state index contributed by atoms with van der Waals surface area (Å²) in [6, 6.07) is 4.29. The van der Waals surface area contributed by atoms with Gasteiger partial charge in [0.1, 0.15) is 0 Å². The molecule has 0 aromatic carbocycles. The summed E-state index contributed by atoms with van der Waals surface area (Å²) in [5.74, 6) is 0. The molecule has 4 heteroatoms. The van der Waals surface area contributed by atoms with Crippen molar-refractivity contribution in [2.24, 2.45) is 0 Å².